The number of carbonyl (C=O) groups is 2. The van der Waals surface area contributed by atoms with Crippen LogP contribution in [0.3, 0.4) is 0 Å². The molecule has 126 valence electrons. The average molecular weight is 334 g/mol. The molecule has 0 atom stereocenters. The SMILES string of the molecule is Cc1ccc(/C=C/C(=O)NNC(=O)c2oc3ccccc3c2C)cc1. The third-order valence-corrected chi connectivity index (χ3v) is 3.85. The van der Waals surface area contributed by atoms with Crippen LogP contribution in [0.25, 0.3) is 17.0 Å². The molecule has 3 aromatic rings. The lowest BCUT2D eigenvalue weighted by molar-refractivity contribution is -0.117. The van der Waals surface area contributed by atoms with Crippen LogP contribution < -0.4 is 10.9 Å². The van der Waals surface area contributed by atoms with Gasteiger partial charge in [0.15, 0.2) is 5.76 Å². The van der Waals surface area contributed by atoms with Gasteiger partial charge in [0, 0.05) is 17.0 Å². The highest BCUT2D eigenvalue weighted by atomic mass is 16.3. The van der Waals surface area contributed by atoms with E-state index in [2.05, 4.69) is 10.9 Å². The van der Waals surface area contributed by atoms with E-state index in [1.807, 2.05) is 49.4 Å². The third-order valence-electron chi connectivity index (χ3n) is 3.85. The minimum atomic E-state index is -0.495. The summed E-state index contributed by atoms with van der Waals surface area (Å²) in [6.07, 6.45) is 3.03. The Balaban J connectivity index is 1.62. The monoisotopic (exact) mass is 334 g/mol. The number of aryl methyl sites for hydroxylation is 2. The second kappa shape index (κ2) is 7.05. The Morgan fingerprint density at radius 2 is 1.68 bits per heavy atom. The molecule has 1 heterocycles. The van der Waals surface area contributed by atoms with Gasteiger partial charge in [0.05, 0.1) is 0 Å². The molecule has 0 bridgehead atoms. The summed E-state index contributed by atoms with van der Waals surface area (Å²) in [6, 6.07) is 15.1. The molecule has 25 heavy (non-hydrogen) atoms. The van der Waals surface area contributed by atoms with Gasteiger partial charge in [-0.25, -0.2) is 0 Å². The average Bonchev–Trinajstić information content (AvgIpc) is 2.96. The zero-order chi connectivity index (χ0) is 17.8. The number of amides is 2. The smallest absolute Gasteiger partial charge is 0.305 e. The van der Waals surface area contributed by atoms with E-state index in [0.717, 1.165) is 22.1 Å². The van der Waals surface area contributed by atoms with Crippen molar-refractivity contribution >= 4 is 28.9 Å². The van der Waals surface area contributed by atoms with Gasteiger partial charge in [-0.2, -0.15) is 0 Å². The summed E-state index contributed by atoms with van der Waals surface area (Å²) in [4.78, 5) is 24.0. The van der Waals surface area contributed by atoms with Crippen molar-refractivity contribution in [3.8, 4) is 0 Å². The topological polar surface area (TPSA) is 71.3 Å². The number of furan rings is 1. The molecule has 0 saturated carbocycles. The van der Waals surface area contributed by atoms with E-state index in [1.165, 1.54) is 6.08 Å². The van der Waals surface area contributed by atoms with E-state index in [4.69, 9.17) is 4.42 Å². The van der Waals surface area contributed by atoms with Crippen molar-refractivity contribution in [1.29, 1.82) is 0 Å². The molecular formula is C20H18N2O3. The Labute approximate surface area is 145 Å². The van der Waals surface area contributed by atoms with Gasteiger partial charge in [-0.1, -0.05) is 48.0 Å². The number of para-hydroxylation sites is 1. The Morgan fingerprint density at radius 1 is 0.960 bits per heavy atom. The van der Waals surface area contributed by atoms with Crippen LogP contribution >= 0.6 is 0 Å². The molecule has 0 radical (unpaired) electrons. The van der Waals surface area contributed by atoms with Crippen LogP contribution in [0.4, 0.5) is 0 Å². The van der Waals surface area contributed by atoms with Crippen molar-refractivity contribution in [2.75, 3.05) is 0 Å². The van der Waals surface area contributed by atoms with Crippen LogP contribution in [0.15, 0.2) is 59.0 Å². The number of hydrazine groups is 1. The first-order valence-electron chi connectivity index (χ1n) is 7.88. The Kier molecular flexibility index (Phi) is 4.66. The summed E-state index contributed by atoms with van der Waals surface area (Å²) in [7, 11) is 0. The summed E-state index contributed by atoms with van der Waals surface area (Å²) >= 11 is 0. The van der Waals surface area contributed by atoms with E-state index in [1.54, 1.807) is 19.1 Å². The van der Waals surface area contributed by atoms with Crippen LogP contribution in [-0.2, 0) is 4.79 Å². The van der Waals surface area contributed by atoms with Crippen LogP contribution in [0, 0.1) is 13.8 Å². The fourth-order valence-corrected chi connectivity index (χ4v) is 2.46. The predicted molar refractivity (Wildman–Crippen MR) is 96.8 cm³/mol. The van der Waals surface area contributed by atoms with E-state index < -0.39 is 11.8 Å². The highest BCUT2D eigenvalue weighted by Gasteiger charge is 2.17. The first-order valence-corrected chi connectivity index (χ1v) is 7.88. The van der Waals surface area contributed by atoms with Crippen molar-refractivity contribution in [3.05, 3.63) is 77.1 Å². The van der Waals surface area contributed by atoms with Crippen LogP contribution in [0.5, 0.6) is 0 Å². The molecule has 5 nitrogen and oxygen atoms in total. The Bertz CT molecular complexity index is 953. The summed E-state index contributed by atoms with van der Waals surface area (Å²) in [6.45, 7) is 3.80. The zero-order valence-electron chi connectivity index (χ0n) is 14.0. The molecular weight excluding hydrogens is 316 g/mol. The fourth-order valence-electron chi connectivity index (χ4n) is 2.46. The van der Waals surface area contributed by atoms with Crippen LogP contribution in [0.1, 0.15) is 27.2 Å². The molecule has 0 aliphatic rings. The first-order chi connectivity index (χ1) is 12.0. The highest BCUT2D eigenvalue weighted by Crippen LogP contribution is 2.24. The second-order valence-corrected chi connectivity index (χ2v) is 5.74. The molecule has 2 aromatic carbocycles. The second-order valence-electron chi connectivity index (χ2n) is 5.74. The maximum absolute atomic E-state index is 12.2. The lowest BCUT2D eigenvalue weighted by Crippen LogP contribution is -2.40. The Hall–Kier alpha value is -3.34. The lowest BCUT2D eigenvalue weighted by atomic mass is 10.1. The number of carbonyl (C=O) groups excluding carboxylic acids is 2. The van der Waals surface area contributed by atoms with Crippen molar-refractivity contribution < 1.29 is 14.0 Å². The first kappa shape index (κ1) is 16.5. The number of rotatable bonds is 3. The minimum Gasteiger partial charge on any atom is -0.451 e. The normalized spacial score (nSPS) is 11.0. The third kappa shape index (κ3) is 3.77. The number of fused-ring (bicyclic) bond motifs is 1. The van der Waals surface area contributed by atoms with Gasteiger partial charge < -0.3 is 4.42 Å². The molecule has 0 fully saturated rings. The highest BCUT2D eigenvalue weighted by molar-refractivity contribution is 6.00. The van der Waals surface area contributed by atoms with Gasteiger partial charge >= 0.3 is 5.91 Å². The van der Waals surface area contributed by atoms with Gasteiger partial charge in [-0.3, -0.25) is 20.4 Å². The predicted octanol–water partition coefficient (Wildman–Crippen LogP) is 3.52. The maximum atomic E-state index is 12.2. The van der Waals surface area contributed by atoms with E-state index in [0.29, 0.717) is 5.58 Å². The summed E-state index contributed by atoms with van der Waals surface area (Å²) in [5, 5.41) is 0.873. The number of benzene rings is 2. The van der Waals surface area contributed by atoms with Crippen molar-refractivity contribution in [2.45, 2.75) is 13.8 Å². The van der Waals surface area contributed by atoms with Crippen molar-refractivity contribution in [3.63, 3.8) is 0 Å². The molecule has 2 N–H and O–H groups in total. The molecule has 2 amide bonds. The molecule has 0 saturated heterocycles. The molecule has 3 rings (SSSR count). The summed E-state index contributed by atoms with van der Waals surface area (Å²) in [5.74, 6) is -0.738. The molecule has 0 spiro atoms. The molecule has 0 aliphatic heterocycles. The number of hydrogen-bond donors (Lipinski definition) is 2. The van der Waals surface area contributed by atoms with Gasteiger partial charge in [-0.15, -0.1) is 0 Å². The Morgan fingerprint density at radius 3 is 2.40 bits per heavy atom. The molecule has 0 aliphatic carbocycles. The maximum Gasteiger partial charge on any atom is 0.305 e. The standard InChI is InChI=1S/C20H18N2O3/c1-13-7-9-15(10-8-13)11-12-18(23)21-22-20(24)19-14(2)16-5-3-4-6-17(16)25-19/h3-12H,1-2H3,(H,21,23)(H,22,24)/b12-11+. The van der Waals surface area contributed by atoms with Gasteiger partial charge in [0.2, 0.25) is 0 Å². The summed E-state index contributed by atoms with van der Waals surface area (Å²) in [5.41, 5.74) is 8.13. The van der Waals surface area contributed by atoms with E-state index in [9.17, 15) is 9.59 Å². The van der Waals surface area contributed by atoms with E-state index >= 15 is 0 Å². The largest absolute Gasteiger partial charge is 0.451 e. The molecule has 1 aromatic heterocycles. The fraction of sp³-hybridized carbons (Fsp3) is 0.100. The van der Waals surface area contributed by atoms with Gasteiger partial charge in [-0.05, 0) is 31.6 Å². The quantitative estimate of drug-likeness (QED) is 0.568. The number of hydrogen-bond acceptors (Lipinski definition) is 3. The lowest BCUT2D eigenvalue weighted by Gasteiger charge is -2.03. The van der Waals surface area contributed by atoms with Gasteiger partial charge in [0.1, 0.15) is 5.58 Å². The van der Waals surface area contributed by atoms with Crippen molar-refractivity contribution in [2.24, 2.45) is 0 Å². The van der Waals surface area contributed by atoms with Crippen molar-refractivity contribution in [1.82, 2.24) is 10.9 Å². The van der Waals surface area contributed by atoms with Gasteiger partial charge in [0.25, 0.3) is 5.91 Å². The van der Waals surface area contributed by atoms with Crippen LogP contribution in [0.2, 0.25) is 0 Å². The van der Waals surface area contributed by atoms with Crippen LogP contribution in [-0.4, -0.2) is 11.8 Å². The number of nitrogens with one attached hydrogen (secondary N) is 2. The summed E-state index contributed by atoms with van der Waals surface area (Å²) < 4.78 is 5.55. The minimum absolute atomic E-state index is 0.184. The van der Waals surface area contributed by atoms with E-state index in [-0.39, 0.29) is 5.76 Å². The molecule has 0 unspecified atom stereocenters. The molecule has 5 heteroatoms. The zero-order valence-corrected chi connectivity index (χ0v) is 14.0.